The highest BCUT2D eigenvalue weighted by Crippen LogP contribution is 2.41. The number of carbonyl (C=O) groups is 2. The molecule has 1 saturated heterocycles. The Morgan fingerprint density at radius 1 is 1.50 bits per heavy atom. The van der Waals surface area contributed by atoms with Gasteiger partial charge in [0.25, 0.3) is 5.91 Å². The van der Waals surface area contributed by atoms with Crippen LogP contribution in [0.25, 0.3) is 0 Å². The number of carboxylic acid groups (broad SMARTS) is 1. The number of carbonyl (C=O) groups excluding carboxylic acids is 1. The van der Waals surface area contributed by atoms with E-state index in [0.29, 0.717) is 11.3 Å². The van der Waals surface area contributed by atoms with Crippen LogP contribution in [0.4, 0.5) is 0 Å². The highest BCUT2D eigenvalue weighted by atomic mass is 35.5. The second-order valence-corrected chi connectivity index (χ2v) is 5.71. The van der Waals surface area contributed by atoms with Crippen LogP contribution >= 0.6 is 24.2 Å². The molecule has 2 aliphatic rings. The van der Waals surface area contributed by atoms with Crippen LogP contribution in [0.3, 0.4) is 0 Å². The Kier molecular flexibility index (Phi) is 5.42. The molecule has 20 heavy (non-hydrogen) atoms. The van der Waals surface area contributed by atoms with E-state index < -0.39 is 12.0 Å². The SMILES string of the molecule is C/C=C\C1=C(C(=O)O)N2C(=O)C(N=C(C)C)[C@@H]2SC1.Cl. The topological polar surface area (TPSA) is 70.0 Å². The van der Waals surface area contributed by atoms with Crippen LogP contribution < -0.4 is 0 Å². The summed E-state index contributed by atoms with van der Waals surface area (Å²) in [4.78, 5) is 29.1. The number of allylic oxidation sites excluding steroid dienone is 2. The van der Waals surface area contributed by atoms with Crippen molar-refractivity contribution in [3.05, 3.63) is 23.4 Å². The van der Waals surface area contributed by atoms with Crippen molar-refractivity contribution in [1.82, 2.24) is 4.90 Å². The van der Waals surface area contributed by atoms with Crippen LogP contribution in [0, 0.1) is 0 Å². The summed E-state index contributed by atoms with van der Waals surface area (Å²) >= 11 is 1.56. The molecule has 1 unspecified atom stereocenters. The van der Waals surface area contributed by atoms with Gasteiger partial charge in [-0.2, -0.15) is 0 Å². The molecule has 2 heterocycles. The Hall–Kier alpha value is -1.27. The van der Waals surface area contributed by atoms with Gasteiger partial charge in [-0.25, -0.2) is 4.79 Å². The number of rotatable bonds is 3. The van der Waals surface area contributed by atoms with Gasteiger partial charge >= 0.3 is 5.97 Å². The zero-order valence-electron chi connectivity index (χ0n) is 11.5. The first-order chi connectivity index (χ1) is 8.97. The number of hydrogen-bond acceptors (Lipinski definition) is 4. The van der Waals surface area contributed by atoms with Crippen molar-refractivity contribution in [1.29, 1.82) is 0 Å². The fourth-order valence-electron chi connectivity index (χ4n) is 2.22. The van der Waals surface area contributed by atoms with Crippen molar-refractivity contribution in [2.24, 2.45) is 4.99 Å². The molecule has 0 aromatic carbocycles. The molecule has 2 atom stereocenters. The van der Waals surface area contributed by atoms with Crippen molar-refractivity contribution < 1.29 is 14.7 Å². The average Bonchev–Trinajstić information content (AvgIpc) is 2.35. The molecule has 7 heteroatoms. The van der Waals surface area contributed by atoms with Gasteiger partial charge in [-0.3, -0.25) is 14.7 Å². The molecule has 0 aliphatic carbocycles. The maximum absolute atomic E-state index is 12.1. The minimum absolute atomic E-state index is 0. The number of halogens is 1. The van der Waals surface area contributed by atoms with E-state index in [1.807, 2.05) is 20.8 Å². The third-order valence-corrected chi connectivity index (χ3v) is 4.23. The van der Waals surface area contributed by atoms with E-state index in [9.17, 15) is 14.7 Å². The smallest absolute Gasteiger partial charge is 0.352 e. The molecule has 1 amide bonds. The van der Waals surface area contributed by atoms with Gasteiger partial charge in [0.05, 0.1) is 0 Å². The van der Waals surface area contributed by atoms with Crippen LogP contribution in [0.2, 0.25) is 0 Å². The number of carboxylic acids is 1. The zero-order chi connectivity index (χ0) is 14.2. The van der Waals surface area contributed by atoms with Crippen molar-refractivity contribution in [3.63, 3.8) is 0 Å². The summed E-state index contributed by atoms with van der Waals surface area (Å²) in [5.74, 6) is -0.685. The van der Waals surface area contributed by atoms with Gasteiger partial charge in [-0.15, -0.1) is 24.2 Å². The molecule has 0 aromatic rings. The van der Waals surface area contributed by atoms with Gasteiger partial charge in [-0.05, 0) is 26.3 Å². The normalized spacial score (nSPS) is 24.9. The number of aliphatic carboxylic acids is 1. The first-order valence-electron chi connectivity index (χ1n) is 6.02. The lowest BCUT2D eigenvalue weighted by atomic mass is 10.0. The molecule has 0 radical (unpaired) electrons. The second-order valence-electron chi connectivity index (χ2n) is 4.61. The number of thioether (sulfide) groups is 1. The first kappa shape index (κ1) is 16.8. The van der Waals surface area contributed by atoms with E-state index in [2.05, 4.69) is 4.99 Å². The predicted octanol–water partition coefficient (Wildman–Crippen LogP) is 2.09. The van der Waals surface area contributed by atoms with Crippen LogP contribution in [0.5, 0.6) is 0 Å². The Labute approximate surface area is 128 Å². The number of aliphatic imine (C=N–C) groups is 1. The summed E-state index contributed by atoms with van der Waals surface area (Å²) in [6, 6.07) is -0.434. The molecular weight excluding hydrogens is 300 g/mol. The van der Waals surface area contributed by atoms with E-state index in [4.69, 9.17) is 0 Å². The third-order valence-electron chi connectivity index (χ3n) is 2.94. The molecule has 0 saturated carbocycles. The predicted molar refractivity (Wildman–Crippen MR) is 82.4 cm³/mol. The maximum atomic E-state index is 12.1. The Balaban J connectivity index is 0.00000200. The summed E-state index contributed by atoms with van der Waals surface area (Å²) in [7, 11) is 0. The Morgan fingerprint density at radius 3 is 2.65 bits per heavy atom. The molecular formula is C13H17ClN2O3S. The Bertz CT molecular complexity index is 524. The van der Waals surface area contributed by atoms with Crippen LogP contribution in [-0.4, -0.2) is 44.8 Å². The Morgan fingerprint density at radius 2 is 2.15 bits per heavy atom. The quantitative estimate of drug-likeness (QED) is 0.639. The van der Waals surface area contributed by atoms with Crippen molar-refractivity contribution >= 4 is 41.8 Å². The van der Waals surface area contributed by atoms with E-state index in [-0.39, 0.29) is 29.4 Å². The van der Waals surface area contributed by atoms with Gasteiger partial charge in [0.15, 0.2) is 6.04 Å². The number of hydrogen-bond donors (Lipinski definition) is 1. The fraction of sp³-hybridized carbons (Fsp3) is 0.462. The standard InChI is InChI=1S/C13H16N2O3S.ClH/c1-4-5-8-6-19-12-9(14-7(2)3)11(16)15(12)10(8)13(17)18;/h4-5,9,12H,6H2,1-3H3,(H,17,18);1H/b5-4-;/t9?,12-;/m0./s1. The number of nitrogens with zero attached hydrogens (tertiary/aromatic N) is 2. The molecule has 0 bridgehead atoms. The summed E-state index contributed by atoms with van der Waals surface area (Å²) in [6.45, 7) is 5.50. The van der Waals surface area contributed by atoms with Gasteiger partial charge in [-0.1, -0.05) is 12.2 Å². The molecule has 2 rings (SSSR count). The van der Waals surface area contributed by atoms with Crippen molar-refractivity contribution in [3.8, 4) is 0 Å². The molecule has 2 aliphatic heterocycles. The van der Waals surface area contributed by atoms with E-state index >= 15 is 0 Å². The van der Waals surface area contributed by atoms with E-state index in [1.165, 1.54) is 4.90 Å². The summed E-state index contributed by atoms with van der Waals surface area (Å²) < 4.78 is 0. The molecule has 0 spiro atoms. The van der Waals surface area contributed by atoms with Gasteiger partial charge < -0.3 is 5.11 Å². The van der Waals surface area contributed by atoms with Crippen LogP contribution in [-0.2, 0) is 9.59 Å². The molecule has 1 fully saturated rings. The monoisotopic (exact) mass is 316 g/mol. The lowest BCUT2D eigenvalue weighted by Crippen LogP contribution is -2.64. The van der Waals surface area contributed by atoms with Gasteiger partial charge in [0, 0.05) is 11.5 Å². The lowest BCUT2D eigenvalue weighted by molar-refractivity contribution is -0.147. The van der Waals surface area contributed by atoms with Crippen LogP contribution in [0.1, 0.15) is 20.8 Å². The van der Waals surface area contributed by atoms with Gasteiger partial charge in [0.1, 0.15) is 11.1 Å². The molecule has 5 nitrogen and oxygen atoms in total. The van der Waals surface area contributed by atoms with Crippen molar-refractivity contribution in [2.45, 2.75) is 32.2 Å². The fourth-order valence-corrected chi connectivity index (χ4v) is 3.52. The molecule has 1 N–H and O–H groups in total. The summed E-state index contributed by atoms with van der Waals surface area (Å²) in [5, 5.41) is 9.13. The minimum atomic E-state index is -1.05. The molecule has 110 valence electrons. The third kappa shape index (κ3) is 2.76. The molecule has 0 aromatic heterocycles. The average molecular weight is 317 g/mol. The van der Waals surface area contributed by atoms with Crippen molar-refractivity contribution in [2.75, 3.05) is 5.75 Å². The maximum Gasteiger partial charge on any atom is 0.352 e. The largest absolute Gasteiger partial charge is 0.477 e. The second kappa shape index (κ2) is 6.45. The number of β-lactam (4-membered cyclic amide) rings is 1. The van der Waals surface area contributed by atoms with Crippen LogP contribution in [0.15, 0.2) is 28.4 Å². The summed E-state index contributed by atoms with van der Waals surface area (Å²) in [5.41, 5.74) is 1.62. The number of fused-ring (bicyclic) bond motifs is 1. The summed E-state index contributed by atoms with van der Waals surface area (Å²) in [6.07, 6.45) is 3.54. The van der Waals surface area contributed by atoms with Gasteiger partial charge in [0.2, 0.25) is 0 Å². The van der Waals surface area contributed by atoms with E-state index in [0.717, 1.165) is 5.71 Å². The minimum Gasteiger partial charge on any atom is -0.477 e. The lowest BCUT2D eigenvalue weighted by Gasteiger charge is -2.47. The highest BCUT2D eigenvalue weighted by Gasteiger charge is 2.53. The van der Waals surface area contributed by atoms with E-state index in [1.54, 1.807) is 23.9 Å². The zero-order valence-corrected chi connectivity index (χ0v) is 13.1. The first-order valence-corrected chi connectivity index (χ1v) is 7.07. The number of amides is 1. The highest BCUT2D eigenvalue weighted by molar-refractivity contribution is 8.00.